The molecule has 0 aliphatic carbocycles. The molecule has 1 unspecified atom stereocenters. The number of dihydropyridines is 1. The van der Waals surface area contributed by atoms with Crippen molar-refractivity contribution in [2.75, 3.05) is 14.2 Å². The number of nitrogens with zero attached hydrogens (tertiary/aromatic N) is 1. The Labute approximate surface area is 94.6 Å². The van der Waals surface area contributed by atoms with Crippen LogP contribution in [0.25, 0.3) is 0 Å². The number of ether oxygens (including phenoxy) is 2. The molecule has 4 heteroatoms. The van der Waals surface area contributed by atoms with E-state index in [9.17, 15) is 0 Å². The highest BCUT2D eigenvalue weighted by Crippen LogP contribution is 2.25. The summed E-state index contributed by atoms with van der Waals surface area (Å²) in [5, 5.41) is 3.15. The van der Waals surface area contributed by atoms with E-state index in [1.165, 1.54) is 0 Å². The third kappa shape index (κ3) is 1.79. The van der Waals surface area contributed by atoms with Crippen LogP contribution in [0.15, 0.2) is 48.5 Å². The van der Waals surface area contributed by atoms with Crippen molar-refractivity contribution < 1.29 is 9.47 Å². The lowest BCUT2D eigenvalue weighted by Gasteiger charge is -2.32. The van der Waals surface area contributed by atoms with Crippen LogP contribution in [-0.4, -0.2) is 19.2 Å². The number of hydrogen-bond donors (Lipinski definition) is 1. The van der Waals surface area contributed by atoms with Gasteiger partial charge in [0.05, 0.1) is 12.8 Å². The molecule has 1 aromatic rings. The van der Waals surface area contributed by atoms with E-state index >= 15 is 0 Å². The van der Waals surface area contributed by atoms with Gasteiger partial charge in [-0.25, -0.2) is 0 Å². The zero-order valence-corrected chi connectivity index (χ0v) is 9.31. The number of hydrogen-bond acceptors (Lipinski definition) is 4. The molecule has 0 saturated heterocycles. The topological polar surface area (TPSA) is 43.4 Å². The summed E-state index contributed by atoms with van der Waals surface area (Å²) in [5.74, 6) is 0.648. The maximum Gasteiger partial charge on any atom is 0.203 e. The van der Waals surface area contributed by atoms with Crippen LogP contribution in [0.1, 0.15) is 5.69 Å². The molecule has 4 nitrogen and oxygen atoms in total. The van der Waals surface area contributed by atoms with Crippen molar-refractivity contribution in [3.63, 3.8) is 0 Å². The summed E-state index contributed by atoms with van der Waals surface area (Å²) in [4.78, 5) is 4.29. The Balaban J connectivity index is 2.36. The average Bonchev–Trinajstić information content (AvgIpc) is 2.39. The van der Waals surface area contributed by atoms with E-state index in [2.05, 4.69) is 10.3 Å². The first-order valence-electron chi connectivity index (χ1n) is 4.99. The monoisotopic (exact) mass is 218 g/mol. The van der Waals surface area contributed by atoms with Crippen LogP contribution in [0.5, 0.6) is 0 Å². The van der Waals surface area contributed by atoms with E-state index in [1.54, 1.807) is 20.4 Å². The summed E-state index contributed by atoms with van der Waals surface area (Å²) in [6.07, 6.45) is 7.35. The van der Waals surface area contributed by atoms with Gasteiger partial charge in [0.15, 0.2) is 5.88 Å². The van der Waals surface area contributed by atoms with Gasteiger partial charge in [0, 0.05) is 13.3 Å². The fourth-order valence-electron chi connectivity index (χ4n) is 1.61. The molecule has 2 rings (SSSR count). The molecule has 1 aliphatic rings. The van der Waals surface area contributed by atoms with Crippen LogP contribution in [-0.2, 0) is 15.2 Å². The smallest absolute Gasteiger partial charge is 0.203 e. The number of methoxy groups -OCH3 is 2. The van der Waals surface area contributed by atoms with E-state index in [4.69, 9.17) is 9.47 Å². The number of pyridine rings is 1. The van der Waals surface area contributed by atoms with E-state index < -0.39 is 5.72 Å². The van der Waals surface area contributed by atoms with Gasteiger partial charge in [0.2, 0.25) is 5.72 Å². The van der Waals surface area contributed by atoms with Crippen molar-refractivity contribution in [3.8, 4) is 0 Å². The molecule has 0 saturated carbocycles. The second-order valence-corrected chi connectivity index (χ2v) is 3.37. The van der Waals surface area contributed by atoms with Gasteiger partial charge in [-0.05, 0) is 24.3 Å². The minimum Gasteiger partial charge on any atom is -0.482 e. The standard InChI is InChI=1S/C12H14N2O2/c1-15-11-7-5-8-12(14-11,16-2)10-6-3-4-9-13-10/h3-9,14H,1-2H3. The molecule has 2 heterocycles. The van der Waals surface area contributed by atoms with Crippen molar-refractivity contribution in [1.82, 2.24) is 10.3 Å². The van der Waals surface area contributed by atoms with Gasteiger partial charge in [0.1, 0.15) is 0 Å². The van der Waals surface area contributed by atoms with E-state index in [0.717, 1.165) is 5.69 Å². The third-order valence-corrected chi connectivity index (χ3v) is 2.47. The van der Waals surface area contributed by atoms with Gasteiger partial charge in [-0.15, -0.1) is 0 Å². The molecule has 0 bridgehead atoms. The normalized spacial score (nSPS) is 23.5. The Morgan fingerprint density at radius 2 is 2.19 bits per heavy atom. The van der Waals surface area contributed by atoms with E-state index in [0.29, 0.717) is 5.88 Å². The Morgan fingerprint density at radius 3 is 2.81 bits per heavy atom. The highest BCUT2D eigenvalue weighted by Gasteiger charge is 2.33. The number of rotatable bonds is 3. The van der Waals surface area contributed by atoms with Gasteiger partial charge in [-0.2, -0.15) is 0 Å². The van der Waals surface area contributed by atoms with Crippen molar-refractivity contribution >= 4 is 0 Å². The molecule has 1 N–H and O–H groups in total. The van der Waals surface area contributed by atoms with Crippen LogP contribution in [0.3, 0.4) is 0 Å². The van der Waals surface area contributed by atoms with Gasteiger partial charge < -0.3 is 14.8 Å². The highest BCUT2D eigenvalue weighted by atomic mass is 16.5. The molecule has 0 amide bonds. The molecule has 16 heavy (non-hydrogen) atoms. The maximum absolute atomic E-state index is 5.52. The first kappa shape index (κ1) is 10.7. The Kier molecular flexibility index (Phi) is 2.92. The van der Waals surface area contributed by atoms with E-state index in [1.807, 2.05) is 36.4 Å². The van der Waals surface area contributed by atoms with Crippen molar-refractivity contribution in [3.05, 3.63) is 54.2 Å². The van der Waals surface area contributed by atoms with Crippen LogP contribution in [0.4, 0.5) is 0 Å². The molecule has 84 valence electrons. The summed E-state index contributed by atoms with van der Waals surface area (Å²) in [7, 11) is 3.24. The van der Waals surface area contributed by atoms with Crippen LogP contribution < -0.4 is 5.32 Å². The molecular weight excluding hydrogens is 204 g/mol. The summed E-state index contributed by atoms with van der Waals surface area (Å²) < 4.78 is 10.7. The van der Waals surface area contributed by atoms with Gasteiger partial charge in [0.25, 0.3) is 0 Å². The number of allylic oxidation sites excluding steroid dienone is 2. The predicted octanol–water partition coefficient (Wildman–Crippen LogP) is 1.53. The second-order valence-electron chi connectivity index (χ2n) is 3.37. The minimum atomic E-state index is -0.749. The lowest BCUT2D eigenvalue weighted by atomic mass is 10.1. The number of aromatic nitrogens is 1. The zero-order valence-electron chi connectivity index (χ0n) is 9.31. The lowest BCUT2D eigenvalue weighted by Crippen LogP contribution is -2.44. The molecule has 0 spiro atoms. The average molecular weight is 218 g/mol. The fourth-order valence-corrected chi connectivity index (χ4v) is 1.61. The Morgan fingerprint density at radius 1 is 1.31 bits per heavy atom. The second kappa shape index (κ2) is 4.37. The third-order valence-electron chi connectivity index (χ3n) is 2.47. The summed E-state index contributed by atoms with van der Waals surface area (Å²) in [6.45, 7) is 0. The molecule has 1 aromatic heterocycles. The molecule has 1 atom stereocenters. The summed E-state index contributed by atoms with van der Waals surface area (Å²) in [6, 6.07) is 5.69. The number of nitrogens with one attached hydrogen (secondary N) is 1. The zero-order chi connectivity index (χ0) is 11.4. The molecule has 0 fully saturated rings. The highest BCUT2D eigenvalue weighted by molar-refractivity contribution is 5.27. The van der Waals surface area contributed by atoms with Crippen molar-refractivity contribution in [1.29, 1.82) is 0 Å². The maximum atomic E-state index is 5.52. The van der Waals surface area contributed by atoms with Gasteiger partial charge in [-0.3, -0.25) is 4.98 Å². The van der Waals surface area contributed by atoms with E-state index in [-0.39, 0.29) is 0 Å². The van der Waals surface area contributed by atoms with Crippen LogP contribution >= 0.6 is 0 Å². The minimum absolute atomic E-state index is 0.648. The molecule has 0 aromatic carbocycles. The first-order valence-corrected chi connectivity index (χ1v) is 4.99. The molecule has 0 radical (unpaired) electrons. The predicted molar refractivity (Wildman–Crippen MR) is 60.3 cm³/mol. The molecular formula is C12H14N2O2. The Hall–Kier alpha value is -1.81. The van der Waals surface area contributed by atoms with Crippen LogP contribution in [0.2, 0.25) is 0 Å². The SMILES string of the molecule is COC1=CC=CC(OC)(c2ccccn2)N1. The first-order chi connectivity index (χ1) is 7.80. The largest absolute Gasteiger partial charge is 0.482 e. The fraction of sp³-hybridized carbons (Fsp3) is 0.250. The summed E-state index contributed by atoms with van der Waals surface area (Å²) in [5.41, 5.74) is 0.0397. The summed E-state index contributed by atoms with van der Waals surface area (Å²) >= 11 is 0. The van der Waals surface area contributed by atoms with Crippen molar-refractivity contribution in [2.24, 2.45) is 0 Å². The molecule has 1 aliphatic heterocycles. The van der Waals surface area contributed by atoms with Gasteiger partial charge in [-0.1, -0.05) is 12.1 Å². The Bertz CT molecular complexity index is 414. The van der Waals surface area contributed by atoms with Crippen LogP contribution in [0, 0.1) is 0 Å². The van der Waals surface area contributed by atoms with Gasteiger partial charge >= 0.3 is 0 Å². The lowest BCUT2D eigenvalue weighted by molar-refractivity contribution is -0.0122. The quantitative estimate of drug-likeness (QED) is 0.835. The van der Waals surface area contributed by atoms with Crippen molar-refractivity contribution in [2.45, 2.75) is 5.72 Å².